The average molecular weight is 209 g/mol. The van der Waals surface area contributed by atoms with Gasteiger partial charge in [-0.2, -0.15) is 0 Å². The van der Waals surface area contributed by atoms with Crippen LogP contribution in [0.15, 0.2) is 18.3 Å². The molecule has 1 aromatic heterocycles. The second-order valence-corrected chi connectivity index (χ2v) is 3.15. The first kappa shape index (κ1) is 11.5. The Labute approximate surface area is 88.7 Å². The highest BCUT2D eigenvalue weighted by atomic mass is 16.5. The largest absolute Gasteiger partial charge is 0.472 e. The third-order valence-corrected chi connectivity index (χ3v) is 1.78. The highest BCUT2D eigenvalue weighted by molar-refractivity contribution is 5.96. The molecule has 0 amide bonds. The molecule has 0 aliphatic heterocycles. The first-order valence-corrected chi connectivity index (χ1v) is 4.60. The van der Waals surface area contributed by atoms with E-state index in [1.807, 2.05) is 6.92 Å². The highest BCUT2D eigenvalue weighted by Gasteiger charge is 2.10. The molecule has 1 rings (SSSR count). The minimum Gasteiger partial charge on any atom is -0.472 e. The van der Waals surface area contributed by atoms with Crippen LogP contribution < -0.4 is 10.5 Å². The maximum atomic E-state index is 7.35. The van der Waals surface area contributed by atoms with E-state index in [1.165, 1.54) is 0 Å². The molecule has 0 aliphatic carbocycles. The Bertz CT molecular complexity index is 341. The number of aromatic nitrogens is 1. The monoisotopic (exact) mass is 209 g/mol. The zero-order valence-electron chi connectivity index (χ0n) is 8.86. The van der Waals surface area contributed by atoms with Crippen LogP contribution in [0.5, 0.6) is 5.88 Å². The number of ether oxygens (including phenoxy) is 2. The molecule has 3 N–H and O–H groups in total. The van der Waals surface area contributed by atoms with E-state index in [0.717, 1.165) is 0 Å². The van der Waals surface area contributed by atoms with Crippen molar-refractivity contribution < 1.29 is 9.47 Å². The van der Waals surface area contributed by atoms with Crippen molar-refractivity contribution in [1.29, 1.82) is 5.41 Å². The molecule has 0 fully saturated rings. The average Bonchev–Trinajstić information content (AvgIpc) is 2.18. The van der Waals surface area contributed by atoms with Crippen LogP contribution in [0, 0.1) is 5.41 Å². The van der Waals surface area contributed by atoms with Gasteiger partial charge < -0.3 is 15.2 Å². The van der Waals surface area contributed by atoms with Crippen molar-refractivity contribution in [1.82, 2.24) is 4.98 Å². The number of amidine groups is 1. The standard InChI is InChI=1S/C10H15N3O2/c1-7(6-14-2)15-10-8(9(11)12)4-3-5-13-10/h3-5,7H,6H2,1-2H3,(H3,11,12). The predicted molar refractivity (Wildman–Crippen MR) is 57.2 cm³/mol. The molecule has 0 aromatic carbocycles. The molecule has 1 aromatic rings. The summed E-state index contributed by atoms with van der Waals surface area (Å²) in [4.78, 5) is 4.02. The van der Waals surface area contributed by atoms with Crippen molar-refractivity contribution in [2.24, 2.45) is 5.73 Å². The minimum atomic E-state index is -0.122. The number of methoxy groups -OCH3 is 1. The summed E-state index contributed by atoms with van der Waals surface area (Å²) in [5.41, 5.74) is 5.90. The SMILES string of the molecule is COCC(C)Oc1ncccc1C(=N)N. The van der Waals surface area contributed by atoms with Crippen molar-refractivity contribution in [3.05, 3.63) is 23.9 Å². The Balaban J connectivity index is 2.79. The molecule has 1 unspecified atom stereocenters. The molecular formula is C10H15N3O2. The van der Waals surface area contributed by atoms with Gasteiger partial charge in [-0.05, 0) is 19.1 Å². The number of nitrogens with one attached hydrogen (secondary N) is 1. The molecule has 1 atom stereocenters. The molecule has 15 heavy (non-hydrogen) atoms. The van der Waals surface area contributed by atoms with Crippen LogP contribution in [0.3, 0.4) is 0 Å². The van der Waals surface area contributed by atoms with Crippen molar-refractivity contribution in [2.75, 3.05) is 13.7 Å². The molecule has 1 heterocycles. The number of nitrogens with two attached hydrogens (primary N) is 1. The smallest absolute Gasteiger partial charge is 0.224 e. The topological polar surface area (TPSA) is 81.2 Å². The second-order valence-electron chi connectivity index (χ2n) is 3.15. The Morgan fingerprint density at radius 3 is 3.00 bits per heavy atom. The maximum absolute atomic E-state index is 7.35. The van der Waals surface area contributed by atoms with Gasteiger partial charge >= 0.3 is 0 Å². The Hall–Kier alpha value is -1.62. The van der Waals surface area contributed by atoms with Gasteiger partial charge in [-0.15, -0.1) is 0 Å². The number of hydrogen-bond acceptors (Lipinski definition) is 4. The number of pyridine rings is 1. The van der Waals surface area contributed by atoms with E-state index in [2.05, 4.69) is 4.98 Å². The Morgan fingerprint density at radius 1 is 1.67 bits per heavy atom. The van der Waals surface area contributed by atoms with Crippen LogP contribution in [0.1, 0.15) is 12.5 Å². The molecule has 82 valence electrons. The van der Waals surface area contributed by atoms with Gasteiger partial charge in [-0.1, -0.05) is 0 Å². The lowest BCUT2D eigenvalue weighted by molar-refractivity contribution is 0.0888. The van der Waals surface area contributed by atoms with Gasteiger partial charge in [0.2, 0.25) is 5.88 Å². The Kier molecular flexibility index (Phi) is 4.05. The van der Waals surface area contributed by atoms with Crippen LogP contribution in [0.4, 0.5) is 0 Å². The van der Waals surface area contributed by atoms with Gasteiger partial charge in [-0.25, -0.2) is 4.98 Å². The Morgan fingerprint density at radius 2 is 2.40 bits per heavy atom. The zero-order chi connectivity index (χ0) is 11.3. The molecule has 0 spiro atoms. The highest BCUT2D eigenvalue weighted by Crippen LogP contribution is 2.14. The molecule has 5 nitrogen and oxygen atoms in total. The summed E-state index contributed by atoms with van der Waals surface area (Å²) in [5.74, 6) is 0.317. The van der Waals surface area contributed by atoms with Crippen LogP contribution in [0.2, 0.25) is 0 Å². The van der Waals surface area contributed by atoms with E-state index in [-0.39, 0.29) is 11.9 Å². The zero-order valence-corrected chi connectivity index (χ0v) is 8.86. The molecular weight excluding hydrogens is 194 g/mol. The van der Waals surface area contributed by atoms with E-state index < -0.39 is 0 Å². The molecule has 0 bridgehead atoms. The van der Waals surface area contributed by atoms with E-state index >= 15 is 0 Å². The van der Waals surface area contributed by atoms with Crippen LogP contribution in [-0.2, 0) is 4.74 Å². The van der Waals surface area contributed by atoms with Crippen LogP contribution >= 0.6 is 0 Å². The second kappa shape index (κ2) is 5.31. The summed E-state index contributed by atoms with van der Waals surface area (Å²) < 4.78 is 10.4. The first-order chi connectivity index (χ1) is 7.15. The van der Waals surface area contributed by atoms with Crippen molar-refractivity contribution in [3.8, 4) is 5.88 Å². The first-order valence-electron chi connectivity index (χ1n) is 4.60. The summed E-state index contributed by atoms with van der Waals surface area (Å²) in [6.45, 7) is 2.33. The van der Waals surface area contributed by atoms with Gasteiger partial charge in [-0.3, -0.25) is 5.41 Å². The number of nitrogen functional groups attached to an aromatic ring is 1. The number of hydrogen-bond donors (Lipinski definition) is 2. The number of rotatable bonds is 5. The summed E-state index contributed by atoms with van der Waals surface area (Å²) in [6.07, 6.45) is 1.48. The minimum absolute atomic E-state index is 0.0530. The summed E-state index contributed by atoms with van der Waals surface area (Å²) in [7, 11) is 1.60. The van der Waals surface area contributed by atoms with Gasteiger partial charge in [0.15, 0.2) is 0 Å². The molecule has 0 radical (unpaired) electrons. The van der Waals surface area contributed by atoms with Gasteiger partial charge in [0.1, 0.15) is 11.9 Å². The van der Waals surface area contributed by atoms with E-state index in [1.54, 1.807) is 25.4 Å². The van der Waals surface area contributed by atoms with Crippen molar-refractivity contribution in [2.45, 2.75) is 13.0 Å². The third-order valence-electron chi connectivity index (χ3n) is 1.78. The molecule has 0 saturated carbocycles. The van der Waals surface area contributed by atoms with E-state index in [0.29, 0.717) is 18.1 Å². The fourth-order valence-electron chi connectivity index (χ4n) is 1.15. The summed E-state index contributed by atoms with van der Waals surface area (Å²) in [6, 6.07) is 3.41. The fourth-order valence-corrected chi connectivity index (χ4v) is 1.15. The van der Waals surface area contributed by atoms with E-state index in [9.17, 15) is 0 Å². The molecule has 5 heteroatoms. The van der Waals surface area contributed by atoms with Gasteiger partial charge in [0.25, 0.3) is 0 Å². The summed E-state index contributed by atoms with van der Waals surface area (Å²) >= 11 is 0. The number of nitrogens with zero attached hydrogens (tertiary/aromatic N) is 1. The quantitative estimate of drug-likeness (QED) is 0.554. The van der Waals surface area contributed by atoms with Crippen molar-refractivity contribution >= 4 is 5.84 Å². The van der Waals surface area contributed by atoms with Crippen LogP contribution in [0.25, 0.3) is 0 Å². The lowest BCUT2D eigenvalue weighted by atomic mass is 10.2. The normalized spacial score (nSPS) is 12.1. The maximum Gasteiger partial charge on any atom is 0.224 e. The predicted octanol–water partition coefficient (Wildman–Crippen LogP) is 0.779. The van der Waals surface area contributed by atoms with Crippen LogP contribution in [-0.4, -0.2) is 30.6 Å². The van der Waals surface area contributed by atoms with Gasteiger partial charge in [0.05, 0.1) is 12.2 Å². The van der Waals surface area contributed by atoms with Gasteiger partial charge in [0, 0.05) is 13.3 Å². The lowest BCUT2D eigenvalue weighted by Gasteiger charge is -2.14. The molecule has 0 saturated heterocycles. The fraction of sp³-hybridized carbons (Fsp3) is 0.400. The van der Waals surface area contributed by atoms with Crippen molar-refractivity contribution in [3.63, 3.8) is 0 Å². The third kappa shape index (κ3) is 3.21. The molecule has 0 aliphatic rings. The summed E-state index contributed by atoms with van der Waals surface area (Å²) in [5, 5.41) is 7.35. The lowest BCUT2D eigenvalue weighted by Crippen LogP contribution is -2.21. The van der Waals surface area contributed by atoms with E-state index in [4.69, 9.17) is 20.6 Å².